The number of piperidine rings is 1. The summed E-state index contributed by atoms with van der Waals surface area (Å²) in [5, 5.41) is 4.85. The summed E-state index contributed by atoms with van der Waals surface area (Å²) in [6.07, 6.45) is 1.91. The minimum atomic E-state index is -1.09. The Morgan fingerprint density at radius 1 is 1.03 bits per heavy atom. The van der Waals surface area contributed by atoms with Crippen LogP contribution < -0.4 is 10.6 Å². The normalized spacial score (nSPS) is 20.9. The Balaban J connectivity index is 1.53. The zero-order chi connectivity index (χ0) is 24.1. The van der Waals surface area contributed by atoms with Crippen LogP contribution in [0.25, 0.3) is 0 Å². The molecule has 9 heteroatoms. The molecule has 2 saturated heterocycles. The third-order valence-electron chi connectivity index (χ3n) is 5.96. The van der Waals surface area contributed by atoms with Crippen LogP contribution in [0, 0.1) is 0 Å². The van der Waals surface area contributed by atoms with Crippen molar-refractivity contribution in [3.8, 4) is 0 Å². The number of imide groups is 1. The fraction of sp³-hybridized carbons (Fsp3) is 0.360. The molecule has 2 aromatic rings. The van der Waals surface area contributed by atoms with Crippen LogP contribution in [0.3, 0.4) is 0 Å². The first-order valence-corrected chi connectivity index (χ1v) is 12.3. The summed E-state index contributed by atoms with van der Waals surface area (Å²) in [4.78, 5) is 52.6. The van der Waals surface area contributed by atoms with Crippen LogP contribution in [0.1, 0.15) is 48.2 Å². The van der Waals surface area contributed by atoms with Gasteiger partial charge in [0.1, 0.15) is 5.54 Å². The molecule has 2 atom stereocenters. The molecule has 2 aliphatic rings. The van der Waals surface area contributed by atoms with Gasteiger partial charge in [0.15, 0.2) is 0 Å². The maximum Gasteiger partial charge on any atom is 0.340 e. The first-order valence-electron chi connectivity index (χ1n) is 11.3. The zero-order valence-electron chi connectivity index (χ0n) is 18.9. The van der Waals surface area contributed by atoms with Crippen molar-refractivity contribution in [3.63, 3.8) is 0 Å². The van der Waals surface area contributed by atoms with E-state index in [1.165, 1.54) is 11.8 Å². The van der Waals surface area contributed by atoms with Crippen molar-refractivity contribution in [2.75, 3.05) is 18.8 Å². The van der Waals surface area contributed by atoms with Gasteiger partial charge < -0.3 is 15.0 Å². The average molecular weight is 482 g/mol. The van der Waals surface area contributed by atoms with E-state index in [0.717, 1.165) is 19.3 Å². The number of hydrogen-bond donors (Lipinski definition) is 2. The van der Waals surface area contributed by atoms with E-state index in [-0.39, 0.29) is 11.7 Å². The molecule has 0 aromatic heterocycles. The highest BCUT2D eigenvalue weighted by atomic mass is 32.2. The zero-order valence-corrected chi connectivity index (χ0v) is 19.7. The van der Waals surface area contributed by atoms with E-state index in [4.69, 9.17) is 4.74 Å². The van der Waals surface area contributed by atoms with E-state index in [1.807, 2.05) is 18.2 Å². The summed E-state index contributed by atoms with van der Waals surface area (Å²) in [5.41, 5.74) is -0.169. The number of carbonyl (C=O) groups is 4. The largest absolute Gasteiger partial charge is 0.444 e. The highest BCUT2D eigenvalue weighted by molar-refractivity contribution is 7.99. The number of nitrogens with zero attached hydrogens (tertiary/aromatic N) is 1. The van der Waals surface area contributed by atoms with Crippen LogP contribution in [0.4, 0.5) is 4.79 Å². The smallest absolute Gasteiger partial charge is 0.340 e. The molecule has 2 N–H and O–H groups in total. The van der Waals surface area contributed by atoms with Crippen LogP contribution in [-0.4, -0.2) is 53.1 Å². The Kier molecular flexibility index (Phi) is 7.21. The molecule has 178 valence electrons. The average Bonchev–Trinajstić information content (AvgIpc) is 3.13. The van der Waals surface area contributed by atoms with E-state index in [1.54, 1.807) is 48.2 Å². The van der Waals surface area contributed by atoms with Crippen molar-refractivity contribution in [1.29, 1.82) is 0 Å². The standard InChI is InChI=1S/C25H27N3O5S/c1-25(23(31)26-24(32)27-25)16-34-19-13-7-6-12-18(19)22(30)33-20(17-10-4-2-5-11-17)21(29)28-14-8-3-9-15-28/h2,4-7,10-13,20H,3,8-9,14-16H2,1H3,(H2,26,27,31,32)/t20-,25-/m1/s1. The third-order valence-corrected chi connectivity index (χ3v) is 7.35. The fourth-order valence-electron chi connectivity index (χ4n) is 4.00. The lowest BCUT2D eigenvalue weighted by atomic mass is 10.1. The molecule has 2 aliphatic heterocycles. The van der Waals surface area contributed by atoms with Crippen molar-refractivity contribution < 1.29 is 23.9 Å². The monoisotopic (exact) mass is 481 g/mol. The van der Waals surface area contributed by atoms with E-state index in [0.29, 0.717) is 29.1 Å². The van der Waals surface area contributed by atoms with Gasteiger partial charge in [-0.2, -0.15) is 0 Å². The molecular formula is C25H27N3O5S. The Morgan fingerprint density at radius 2 is 1.71 bits per heavy atom. The first kappa shape index (κ1) is 23.8. The molecule has 2 aromatic carbocycles. The summed E-state index contributed by atoms with van der Waals surface area (Å²) in [6, 6.07) is 15.4. The van der Waals surface area contributed by atoms with Gasteiger partial charge in [0.2, 0.25) is 6.10 Å². The van der Waals surface area contributed by atoms with E-state index in [9.17, 15) is 19.2 Å². The molecule has 4 amide bonds. The molecule has 0 aliphatic carbocycles. The number of hydrogen-bond acceptors (Lipinski definition) is 6. The van der Waals surface area contributed by atoms with Crippen molar-refractivity contribution >= 4 is 35.6 Å². The maximum absolute atomic E-state index is 13.3. The van der Waals surface area contributed by atoms with E-state index >= 15 is 0 Å². The Hall–Kier alpha value is -3.33. The molecule has 0 unspecified atom stereocenters. The number of carbonyl (C=O) groups excluding carboxylic acids is 4. The molecular weight excluding hydrogens is 454 g/mol. The predicted molar refractivity (Wildman–Crippen MR) is 127 cm³/mol. The van der Waals surface area contributed by atoms with Crippen molar-refractivity contribution in [2.24, 2.45) is 0 Å². The number of rotatable bonds is 7. The first-order chi connectivity index (χ1) is 16.4. The van der Waals surface area contributed by atoms with Gasteiger partial charge in [0.05, 0.1) is 5.56 Å². The summed E-state index contributed by atoms with van der Waals surface area (Å²) >= 11 is 1.26. The lowest BCUT2D eigenvalue weighted by molar-refractivity contribution is -0.142. The molecule has 2 heterocycles. The topological polar surface area (TPSA) is 105 Å². The van der Waals surface area contributed by atoms with Gasteiger partial charge in [-0.15, -0.1) is 11.8 Å². The minimum Gasteiger partial charge on any atom is -0.444 e. The summed E-state index contributed by atoms with van der Waals surface area (Å²) < 4.78 is 5.82. The fourth-order valence-corrected chi connectivity index (χ4v) is 5.13. The molecule has 0 bridgehead atoms. The molecule has 0 spiro atoms. The number of nitrogens with one attached hydrogen (secondary N) is 2. The lowest BCUT2D eigenvalue weighted by Gasteiger charge is -2.30. The van der Waals surface area contributed by atoms with Gasteiger partial charge in [-0.3, -0.25) is 14.9 Å². The molecule has 2 fully saturated rings. The van der Waals surface area contributed by atoms with Crippen LogP contribution in [-0.2, 0) is 14.3 Å². The minimum absolute atomic E-state index is 0.220. The van der Waals surface area contributed by atoms with Gasteiger partial charge >= 0.3 is 12.0 Å². The van der Waals surface area contributed by atoms with Crippen molar-refractivity contribution in [2.45, 2.75) is 42.7 Å². The Labute approximate surface area is 202 Å². The number of likely N-dealkylation sites (tertiary alicyclic amines) is 1. The van der Waals surface area contributed by atoms with Gasteiger partial charge in [-0.1, -0.05) is 42.5 Å². The molecule has 0 saturated carbocycles. The highest BCUT2D eigenvalue weighted by Crippen LogP contribution is 2.30. The Morgan fingerprint density at radius 3 is 2.38 bits per heavy atom. The molecule has 4 rings (SSSR count). The summed E-state index contributed by atoms with van der Waals surface area (Å²) in [5.74, 6) is -1.03. The SMILES string of the molecule is C[C@]1(CSc2ccccc2C(=O)O[C@@H](C(=O)N2CCCCC2)c2ccccc2)NC(=O)NC1=O. The number of ether oxygens (including phenoxy) is 1. The van der Waals surface area contributed by atoms with Gasteiger partial charge in [-0.05, 0) is 38.3 Å². The van der Waals surface area contributed by atoms with Crippen LogP contribution in [0.2, 0.25) is 0 Å². The molecule has 34 heavy (non-hydrogen) atoms. The van der Waals surface area contributed by atoms with Crippen LogP contribution in [0.5, 0.6) is 0 Å². The second-order valence-corrected chi connectivity index (χ2v) is 9.62. The number of esters is 1. The molecule has 0 radical (unpaired) electrons. The number of thioether (sulfide) groups is 1. The van der Waals surface area contributed by atoms with E-state index < -0.39 is 29.6 Å². The number of benzene rings is 2. The maximum atomic E-state index is 13.3. The van der Waals surface area contributed by atoms with Gasteiger partial charge in [0.25, 0.3) is 11.8 Å². The van der Waals surface area contributed by atoms with Crippen molar-refractivity contribution in [1.82, 2.24) is 15.5 Å². The van der Waals surface area contributed by atoms with Crippen molar-refractivity contribution in [3.05, 3.63) is 65.7 Å². The number of urea groups is 1. The summed E-state index contributed by atoms with van der Waals surface area (Å²) in [6.45, 7) is 2.93. The predicted octanol–water partition coefficient (Wildman–Crippen LogP) is 3.29. The third kappa shape index (κ3) is 5.25. The van der Waals surface area contributed by atoms with Crippen LogP contribution in [0.15, 0.2) is 59.5 Å². The summed E-state index contributed by atoms with van der Waals surface area (Å²) in [7, 11) is 0. The lowest BCUT2D eigenvalue weighted by Crippen LogP contribution is -2.46. The highest BCUT2D eigenvalue weighted by Gasteiger charge is 2.42. The number of amides is 4. The van der Waals surface area contributed by atoms with Gasteiger partial charge in [0, 0.05) is 29.3 Å². The molecule has 8 nitrogen and oxygen atoms in total. The van der Waals surface area contributed by atoms with E-state index in [2.05, 4.69) is 10.6 Å². The second kappa shape index (κ2) is 10.3. The Bertz CT molecular complexity index is 1090. The second-order valence-electron chi connectivity index (χ2n) is 8.61. The quantitative estimate of drug-likeness (QED) is 0.357. The van der Waals surface area contributed by atoms with Crippen LogP contribution >= 0.6 is 11.8 Å². The van der Waals surface area contributed by atoms with Gasteiger partial charge in [-0.25, -0.2) is 9.59 Å².